The van der Waals surface area contributed by atoms with E-state index in [4.69, 9.17) is 11.6 Å². The van der Waals surface area contributed by atoms with Gasteiger partial charge in [0.1, 0.15) is 0 Å². The monoisotopic (exact) mass is 228 g/mol. The van der Waals surface area contributed by atoms with Crippen molar-refractivity contribution >= 4 is 23.4 Å². The van der Waals surface area contributed by atoms with E-state index in [9.17, 15) is 5.11 Å². The van der Waals surface area contributed by atoms with Crippen molar-refractivity contribution in [3.63, 3.8) is 0 Å². The summed E-state index contributed by atoms with van der Waals surface area (Å²) in [5.74, 6) is 1.93. The van der Waals surface area contributed by atoms with Crippen LogP contribution in [-0.2, 0) is 5.75 Å². The Hall–Kier alpha value is -0.180. The van der Waals surface area contributed by atoms with Crippen molar-refractivity contribution in [2.45, 2.75) is 25.2 Å². The number of fused-ring (bicyclic) bond motifs is 1. The summed E-state index contributed by atoms with van der Waals surface area (Å²) in [6.07, 6.45) is 0.495. The van der Waals surface area contributed by atoms with E-state index in [2.05, 4.69) is 6.07 Å². The molecule has 0 fully saturated rings. The molecule has 0 unspecified atom stereocenters. The lowest BCUT2D eigenvalue weighted by Crippen LogP contribution is -2.00. The van der Waals surface area contributed by atoms with Crippen LogP contribution in [0.15, 0.2) is 12.1 Å². The Labute approximate surface area is 93.5 Å². The van der Waals surface area contributed by atoms with Crippen molar-refractivity contribution in [1.82, 2.24) is 0 Å². The van der Waals surface area contributed by atoms with Crippen LogP contribution in [0.2, 0.25) is 5.02 Å². The standard InChI is InChI=1S/C11H13ClOS/c1-7-4-8-9(10(12)5-7)6-14-3-2-11(8)13/h4-5,11,13H,2-3,6H2,1H3/t11-/m1/s1. The maximum absolute atomic E-state index is 9.92. The molecule has 0 aliphatic carbocycles. The highest BCUT2D eigenvalue weighted by Gasteiger charge is 2.18. The van der Waals surface area contributed by atoms with Crippen LogP contribution in [0.5, 0.6) is 0 Å². The molecule has 1 aromatic rings. The SMILES string of the molecule is Cc1cc(Cl)c2c(c1)[C@H](O)CCSC2. The van der Waals surface area contributed by atoms with Crippen molar-refractivity contribution in [2.75, 3.05) is 5.75 Å². The summed E-state index contributed by atoms with van der Waals surface area (Å²) in [7, 11) is 0. The average Bonchev–Trinajstić information content (AvgIpc) is 2.29. The third kappa shape index (κ3) is 1.92. The lowest BCUT2D eigenvalue weighted by Gasteiger charge is -2.13. The van der Waals surface area contributed by atoms with Crippen LogP contribution < -0.4 is 0 Å². The van der Waals surface area contributed by atoms with E-state index in [-0.39, 0.29) is 6.10 Å². The van der Waals surface area contributed by atoms with E-state index >= 15 is 0 Å². The third-order valence-electron chi connectivity index (χ3n) is 2.52. The quantitative estimate of drug-likeness (QED) is 0.735. The Morgan fingerprint density at radius 1 is 1.50 bits per heavy atom. The van der Waals surface area contributed by atoms with Crippen LogP contribution in [0.4, 0.5) is 0 Å². The molecule has 0 saturated heterocycles. The van der Waals surface area contributed by atoms with Gasteiger partial charge in [-0.15, -0.1) is 0 Å². The van der Waals surface area contributed by atoms with Gasteiger partial charge in [0.2, 0.25) is 0 Å². The largest absolute Gasteiger partial charge is 0.388 e. The van der Waals surface area contributed by atoms with Gasteiger partial charge >= 0.3 is 0 Å². The van der Waals surface area contributed by atoms with Gasteiger partial charge in [-0.25, -0.2) is 0 Å². The smallest absolute Gasteiger partial charge is 0.0801 e. The van der Waals surface area contributed by atoms with Crippen molar-refractivity contribution in [3.8, 4) is 0 Å². The summed E-state index contributed by atoms with van der Waals surface area (Å²) in [5.41, 5.74) is 3.27. The van der Waals surface area contributed by atoms with Crippen LogP contribution >= 0.6 is 23.4 Å². The average molecular weight is 229 g/mol. The molecule has 1 aliphatic heterocycles. The summed E-state index contributed by atoms with van der Waals surface area (Å²) in [6.45, 7) is 2.01. The molecule has 1 aliphatic rings. The van der Waals surface area contributed by atoms with E-state index in [1.807, 2.05) is 24.8 Å². The van der Waals surface area contributed by atoms with Gasteiger partial charge in [0.15, 0.2) is 0 Å². The molecule has 1 atom stereocenters. The van der Waals surface area contributed by atoms with Crippen LogP contribution in [-0.4, -0.2) is 10.9 Å². The highest BCUT2D eigenvalue weighted by Crippen LogP contribution is 2.35. The van der Waals surface area contributed by atoms with Crippen LogP contribution in [0.1, 0.15) is 29.2 Å². The topological polar surface area (TPSA) is 20.2 Å². The Bertz CT molecular complexity index is 351. The molecule has 0 saturated carbocycles. The van der Waals surface area contributed by atoms with Crippen molar-refractivity contribution in [3.05, 3.63) is 33.8 Å². The van der Waals surface area contributed by atoms with E-state index in [1.54, 1.807) is 0 Å². The molecule has 1 heterocycles. The maximum atomic E-state index is 9.92. The molecule has 0 radical (unpaired) electrons. The molecule has 0 aromatic heterocycles. The molecule has 1 N–H and O–H groups in total. The van der Waals surface area contributed by atoms with Crippen molar-refractivity contribution in [2.24, 2.45) is 0 Å². The Kier molecular flexibility index (Phi) is 3.05. The molecule has 0 amide bonds. The number of aryl methyl sites for hydroxylation is 1. The Morgan fingerprint density at radius 2 is 2.29 bits per heavy atom. The molecule has 76 valence electrons. The summed E-state index contributed by atoms with van der Waals surface area (Å²) in [5, 5.41) is 10.7. The minimum Gasteiger partial charge on any atom is -0.388 e. The first-order valence-electron chi connectivity index (χ1n) is 4.73. The predicted octanol–water partition coefficient (Wildman–Crippen LogP) is 3.32. The molecule has 14 heavy (non-hydrogen) atoms. The van der Waals surface area contributed by atoms with Gasteiger partial charge in [-0.3, -0.25) is 0 Å². The minimum atomic E-state index is -0.336. The molecule has 1 aromatic carbocycles. The number of benzene rings is 1. The van der Waals surface area contributed by atoms with Gasteiger partial charge in [0.05, 0.1) is 6.10 Å². The number of thioether (sulfide) groups is 1. The highest BCUT2D eigenvalue weighted by molar-refractivity contribution is 7.98. The fourth-order valence-electron chi connectivity index (χ4n) is 1.77. The number of aliphatic hydroxyl groups excluding tert-OH is 1. The molecule has 1 nitrogen and oxygen atoms in total. The van der Waals surface area contributed by atoms with Crippen LogP contribution in [0.3, 0.4) is 0 Å². The van der Waals surface area contributed by atoms with Crippen LogP contribution in [0.25, 0.3) is 0 Å². The first kappa shape index (κ1) is 10.3. The minimum absolute atomic E-state index is 0.336. The summed E-state index contributed by atoms with van der Waals surface area (Å²) >= 11 is 8.00. The Balaban J connectivity index is 2.53. The first-order valence-corrected chi connectivity index (χ1v) is 6.26. The summed E-state index contributed by atoms with van der Waals surface area (Å²) in [4.78, 5) is 0. The second-order valence-corrected chi connectivity index (χ2v) is 5.18. The summed E-state index contributed by atoms with van der Waals surface area (Å²) in [6, 6.07) is 4.02. The Morgan fingerprint density at radius 3 is 3.07 bits per heavy atom. The number of rotatable bonds is 0. The lowest BCUT2D eigenvalue weighted by molar-refractivity contribution is 0.175. The van der Waals surface area contributed by atoms with E-state index < -0.39 is 0 Å². The highest BCUT2D eigenvalue weighted by atomic mass is 35.5. The molecule has 2 rings (SSSR count). The predicted molar refractivity (Wildman–Crippen MR) is 61.9 cm³/mol. The van der Waals surface area contributed by atoms with Crippen molar-refractivity contribution in [1.29, 1.82) is 0 Å². The zero-order valence-corrected chi connectivity index (χ0v) is 9.66. The second kappa shape index (κ2) is 4.13. The normalized spacial score (nSPS) is 21.5. The number of hydrogen-bond donors (Lipinski definition) is 1. The van der Waals surface area contributed by atoms with Gasteiger partial charge in [0, 0.05) is 10.8 Å². The lowest BCUT2D eigenvalue weighted by atomic mass is 9.99. The molecular weight excluding hydrogens is 216 g/mol. The number of hydrogen-bond acceptors (Lipinski definition) is 2. The van der Waals surface area contributed by atoms with E-state index in [0.29, 0.717) is 0 Å². The molecular formula is C11H13ClOS. The zero-order chi connectivity index (χ0) is 10.1. The van der Waals surface area contributed by atoms with Gasteiger partial charge in [-0.2, -0.15) is 11.8 Å². The van der Waals surface area contributed by atoms with Gasteiger partial charge in [-0.05, 0) is 41.9 Å². The van der Waals surface area contributed by atoms with Crippen molar-refractivity contribution < 1.29 is 5.11 Å². The molecule has 3 heteroatoms. The third-order valence-corrected chi connectivity index (χ3v) is 3.87. The number of aliphatic hydroxyl groups is 1. The molecule has 0 bridgehead atoms. The fraction of sp³-hybridized carbons (Fsp3) is 0.455. The van der Waals surface area contributed by atoms with Crippen LogP contribution in [0, 0.1) is 6.92 Å². The number of halogens is 1. The second-order valence-electron chi connectivity index (χ2n) is 3.67. The summed E-state index contributed by atoms with van der Waals surface area (Å²) < 4.78 is 0. The van der Waals surface area contributed by atoms with Gasteiger partial charge < -0.3 is 5.11 Å². The van der Waals surface area contributed by atoms with E-state index in [1.165, 1.54) is 0 Å². The first-order chi connectivity index (χ1) is 6.68. The van der Waals surface area contributed by atoms with Gasteiger partial charge in [0.25, 0.3) is 0 Å². The fourth-order valence-corrected chi connectivity index (χ4v) is 3.26. The van der Waals surface area contributed by atoms with E-state index in [0.717, 1.165) is 39.6 Å². The maximum Gasteiger partial charge on any atom is 0.0801 e. The molecule has 0 spiro atoms. The van der Waals surface area contributed by atoms with Gasteiger partial charge in [-0.1, -0.05) is 17.7 Å². The zero-order valence-electron chi connectivity index (χ0n) is 8.09.